The average molecular weight is 257 g/mol. The molecule has 0 unspecified atom stereocenters. The summed E-state index contributed by atoms with van der Waals surface area (Å²) in [6.07, 6.45) is 3.11. The van der Waals surface area contributed by atoms with Crippen molar-refractivity contribution < 1.29 is 4.39 Å². The molecule has 3 aromatic rings. The van der Waals surface area contributed by atoms with Gasteiger partial charge in [-0.2, -0.15) is 0 Å². The second-order valence-electron chi connectivity index (χ2n) is 4.11. The van der Waals surface area contributed by atoms with E-state index in [9.17, 15) is 4.39 Å². The summed E-state index contributed by atoms with van der Waals surface area (Å²) in [5.41, 5.74) is 1.97. The number of aromatic nitrogens is 4. The number of benzene rings is 1. The minimum Gasteiger partial charge on any atom is -0.371 e. The molecule has 19 heavy (non-hydrogen) atoms. The molecular formula is C13H12FN5. The normalized spacial score (nSPS) is 10.8. The Morgan fingerprint density at radius 1 is 1.21 bits per heavy atom. The Balaban J connectivity index is 2.05. The lowest BCUT2D eigenvalue weighted by Gasteiger charge is -2.05. The molecule has 96 valence electrons. The zero-order valence-electron chi connectivity index (χ0n) is 10.3. The molecule has 0 aliphatic carbocycles. The molecule has 0 amide bonds. The number of imidazole rings is 1. The highest BCUT2D eigenvalue weighted by Gasteiger charge is 2.10. The van der Waals surface area contributed by atoms with Gasteiger partial charge in [0, 0.05) is 12.6 Å². The fraction of sp³-hybridized carbons (Fsp3) is 0.154. The van der Waals surface area contributed by atoms with Gasteiger partial charge in [-0.15, -0.1) is 0 Å². The second-order valence-corrected chi connectivity index (χ2v) is 4.11. The second kappa shape index (κ2) is 4.64. The smallest absolute Gasteiger partial charge is 0.165 e. The molecule has 0 aliphatic rings. The van der Waals surface area contributed by atoms with Crippen molar-refractivity contribution in [3.8, 4) is 0 Å². The number of anilines is 1. The van der Waals surface area contributed by atoms with Crippen LogP contribution in [-0.2, 0) is 6.54 Å². The van der Waals surface area contributed by atoms with Crippen LogP contribution < -0.4 is 5.32 Å². The molecule has 2 aromatic heterocycles. The van der Waals surface area contributed by atoms with E-state index in [0.29, 0.717) is 29.1 Å². The summed E-state index contributed by atoms with van der Waals surface area (Å²) in [7, 11) is 1.78. The molecular weight excluding hydrogens is 245 g/mol. The summed E-state index contributed by atoms with van der Waals surface area (Å²) >= 11 is 0. The first kappa shape index (κ1) is 11.6. The van der Waals surface area contributed by atoms with Crippen LogP contribution in [0, 0.1) is 5.82 Å². The Morgan fingerprint density at radius 2 is 2.05 bits per heavy atom. The van der Waals surface area contributed by atoms with Crippen molar-refractivity contribution in [2.75, 3.05) is 12.4 Å². The SMILES string of the molecule is CNc1ncnc2c1ncn2Cc1ccccc1F. The van der Waals surface area contributed by atoms with Gasteiger partial charge in [-0.3, -0.25) is 0 Å². The van der Waals surface area contributed by atoms with Crippen LogP contribution in [-0.4, -0.2) is 26.6 Å². The van der Waals surface area contributed by atoms with E-state index >= 15 is 0 Å². The molecule has 3 rings (SSSR count). The first-order valence-corrected chi connectivity index (χ1v) is 5.86. The van der Waals surface area contributed by atoms with Gasteiger partial charge in [-0.25, -0.2) is 19.3 Å². The lowest BCUT2D eigenvalue weighted by Crippen LogP contribution is -2.02. The average Bonchev–Trinajstić information content (AvgIpc) is 2.84. The fourth-order valence-corrected chi connectivity index (χ4v) is 1.99. The zero-order valence-corrected chi connectivity index (χ0v) is 10.3. The maximum atomic E-state index is 13.6. The molecule has 6 heteroatoms. The van der Waals surface area contributed by atoms with Crippen molar-refractivity contribution in [2.24, 2.45) is 0 Å². The number of fused-ring (bicyclic) bond motifs is 1. The monoisotopic (exact) mass is 257 g/mol. The number of rotatable bonds is 3. The Morgan fingerprint density at radius 3 is 2.84 bits per heavy atom. The third-order valence-electron chi connectivity index (χ3n) is 2.94. The summed E-state index contributed by atoms with van der Waals surface area (Å²) in [5.74, 6) is 0.435. The minimum atomic E-state index is -0.229. The van der Waals surface area contributed by atoms with Crippen LogP contribution in [0.2, 0.25) is 0 Å². The van der Waals surface area contributed by atoms with Gasteiger partial charge >= 0.3 is 0 Å². The van der Waals surface area contributed by atoms with Crippen LogP contribution in [0.25, 0.3) is 11.2 Å². The molecule has 5 nitrogen and oxygen atoms in total. The largest absolute Gasteiger partial charge is 0.371 e. The predicted molar refractivity (Wildman–Crippen MR) is 70.4 cm³/mol. The predicted octanol–water partition coefficient (Wildman–Crippen LogP) is 2.06. The third kappa shape index (κ3) is 2.01. The van der Waals surface area contributed by atoms with E-state index < -0.39 is 0 Å². The first-order valence-electron chi connectivity index (χ1n) is 5.86. The number of halogens is 1. The van der Waals surface area contributed by atoms with Crippen molar-refractivity contribution in [1.29, 1.82) is 0 Å². The van der Waals surface area contributed by atoms with Crippen molar-refractivity contribution in [3.63, 3.8) is 0 Å². The van der Waals surface area contributed by atoms with E-state index in [1.165, 1.54) is 12.4 Å². The van der Waals surface area contributed by atoms with E-state index in [1.807, 2.05) is 6.07 Å². The van der Waals surface area contributed by atoms with Gasteiger partial charge < -0.3 is 9.88 Å². The molecule has 1 N–H and O–H groups in total. The van der Waals surface area contributed by atoms with Crippen molar-refractivity contribution in [3.05, 3.63) is 48.3 Å². The molecule has 2 heterocycles. The summed E-state index contributed by atoms with van der Waals surface area (Å²) in [6.45, 7) is 0.392. The minimum absolute atomic E-state index is 0.229. The van der Waals surface area contributed by atoms with Crippen LogP contribution in [0.5, 0.6) is 0 Å². The molecule has 0 atom stereocenters. The van der Waals surface area contributed by atoms with Gasteiger partial charge in [0.2, 0.25) is 0 Å². The maximum absolute atomic E-state index is 13.6. The van der Waals surface area contributed by atoms with Gasteiger partial charge in [0.25, 0.3) is 0 Å². The van der Waals surface area contributed by atoms with Crippen molar-refractivity contribution in [2.45, 2.75) is 6.54 Å². The molecule has 0 spiro atoms. The van der Waals surface area contributed by atoms with E-state index in [2.05, 4.69) is 20.3 Å². The van der Waals surface area contributed by atoms with E-state index in [-0.39, 0.29) is 5.82 Å². The van der Waals surface area contributed by atoms with Gasteiger partial charge in [0.1, 0.15) is 17.7 Å². The lowest BCUT2D eigenvalue weighted by molar-refractivity contribution is 0.601. The third-order valence-corrected chi connectivity index (χ3v) is 2.94. The number of hydrogen-bond donors (Lipinski definition) is 1. The number of hydrogen-bond acceptors (Lipinski definition) is 4. The van der Waals surface area contributed by atoms with E-state index in [0.717, 1.165) is 0 Å². The summed E-state index contributed by atoms with van der Waals surface area (Å²) < 4.78 is 15.5. The molecule has 0 fully saturated rings. The zero-order chi connectivity index (χ0) is 13.2. The Hall–Kier alpha value is -2.50. The van der Waals surface area contributed by atoms with E-state index in [1.54, 1.807) is 30.1 Å². The Labute approximate surface area is 109 Å². The lowest BCUT2D eigenvalue weighted by atomic mass is 10.2. The van der Waals surface area contributed by atoms with Gasteiger partial charge in [0.15, 0.2) is 11.5 Å². The molecule has 0 bridgehead atoms. The highest BCUT2D eigenvalue weighted by molar-refractivity contribution is 5.82. The van der Waals surface area contributed by atoms with Gasteiger partial charge in [-0.1, -0.05) is 18.2 Å². The van der Waals surface area contributed by atoms with Crippen LogP contribution in [0.3, 0.4) is 0 Å². The summed E-state index contributed by atoms with van der Waals surface area (Å²) in [4.78, 5) is 12.6. The van der Waals surface area contributed by atoms with Crippen LogP contribution in [0.4, 0.5) is 10.2 Å². The first-order chi connectivity index (χ1) is 9.29. The highest BCUT2D eigenvalue weighted by atomic mass is 19.1. The van der Waals surface area contributed by atoms with Gasteiger partial charge in [-0.05, 0) is 6.07 Å². The molecule has 0 saturated carbocycles. The van der Waals surface area contributed by atoms with Gasteiger partial charge in [0.05, 0.1) is 12.9 Å². The summed E-state index contributed by atoms with van der Waals surface area (Å²) in [5, 5.41) is 2.96. The van der Waals surface area contributed by atoms with E-state index in [4.69, 9.17) is 0 Å². The Bertz CT molecular complexity index is 722. The molecule has 0 saturated heterocycles. The fourth-order valence-electron chi connectivity index (χ4n) is 1.99. The molecule has 0 aliphatic heterocycles. The van der Waals surface area contributed by atoms with Crippen LogP contribution in [0.15, 0.2) is 36.9 Å². The highest BCUT2D eigenvalue weighted by Crippen LogP contribution is 2.18. The maximum Gasteiger partial charge on any atom is 0.165 e. The summed E-state index contributed by atoms with van der Waals surface area (Å²) in [6, 6.07) is 6.68. The quantitative estimate of drug-likeness (QED) is 0.780. The van der Waals surface area contributed by atoms with Crippen molar-refractivity contribution in [1.82, 2.24) is 19.5 Å². The van der Waals surface area contributed by atoms with Crippen molar-refractivity contribution >= 4 is 17.0 Å². The number of nitrogens with one attached hydrogen (secondary N) is 1. The van der Waals surface area contributed by atoms with Crippen LogP contribution >= 0.6 is 0 Å². The standard InChI is InChI=1S/C13H12FN5/c1-15-12-11-13(17-7-16-12)19(8-18-11)6-9-4-2-3-5-10(9)14/h2-5,7-8H,6H2,1H3,(H,15,16,17). The topological polar surface area (TPSA) is 55.6 Å². The number of nitrogens with zero attached hydrogens (tertiary/aromatic N) is 4. The Kier molecular flexibility index (Phi) is 2.83. The van der Waals surface area contributed by atoms with Crippen LogP contribution in [0.1, 0.15) is 5.56 Å². The molecule has 0 radical (unpaired) electrons. The molecule has 1 aromatic carbocycles.